The van der Waals surface area contributed by atoms with Crippen molar-refractivity contribution >= 4 is 10.8 Å². The van der Waals surface area contributed by atoms with E-state index < -0.39 is 0 Å². The van der Waals surface area contributed by atoms with Crippen LogP contribution in [-0.4, -0.2) is 0 Å². The highest BCUT2D eigenvalue weighted by molar-refractivity contribution is 6.03. The molecule has 0 unspecified atom stereocenters. The second kappa shape index (κ2) is 22.9. The van der Waals surface area contributed by atoms with Gasteiger partial charge in [-0.05, 0) is 143 Å². The fourth-order valence-corrected chi connectivity index (χ4v) is 8.86. The van der Waals surface area contributed by atoms with E-state index in [1.165, 1.54) is 99.8 Å². The van der Waals surface area contributed by atoms with Crippen LogP contribution < -0.4 is 0 Å². The Hall–Kier alpha value is -6.76. The van der Waals surface area contributed by atoms with Crippen LogP contribution >= 0.6 is 0 Å². The Labute approximate surface area is 398 Å². The smallest absolute Gasteiger partial charge is 0.0159 e. The SMILES string of the molecule is CCc1ccccc1.Cc1ccc2c(c1)C(C)(C)c1cc(C)c3ccccc3c1-2.Cc1ccccc1.Cc1ccccc1-c1ccc(C(C)C)cc1C.Cc1ccccc1-c1ccccc1. The van der Waals surface area contributed by atoms with Gasteiger partial charge in [-0.15, -0.1) is 0 Å². The maximum Gasteiger partial charge on any atom is 0.0159 e. The third-order valence-corrected chi connectivity index (χ3v) is 12.8. The summed E-state index contributed by atoms with van der Waals surface area (Å²) in [4.78, 5) is 0. The monoisotopic (exact) mass is 863 g/mol. The van der Waals surface area contributed by atoms with Crippen molar-refractivity contribution in [2.24, 2.45) is 0 Å². The molecule has 1 aliphatic rings. The Morgan fingerprint density at radius 3 is 1.41 bits per heavy atom. The lowest BCUT2D eigenvalue weighted by Gasteiger charge is -2.22. The van der Waals surface area contributed by atoms with E-state index in [1.54, 1.807) is 0 Å². The third kappa shape index (κ3) is 12.1. The zero-order valence-electron chi connectivity index (χ0n) is 41.4. The van der Waals surface area contributed by atoms with Crippen molar-refractivity contribution in [3.63, 3.8) is 0 Å². The standard InChI is InChI=1S/C21H20.C17H20.C13H12.C8H10.C7H8/c1-13-9-10-17-18(11-13)21(3,4)19-12-14(2)15-7-5-6-8-16(15)20(17)19;1-12(2)15-9-10-17(14(4)11-15)16-8-6-5-7-13(16)3;1-11-7-5-6-10-13(11)12-8-3-2-4-9-12;1-2-8-6-4-3-5-7-8;1-7-5-3-2-4-6-7/h5-12H,1-4H3;5-12H,1-4H3;2-10H,1H3;3-7H,2H2,1H3;2-6H,1H3. The van der Waals surface area contributed by atoms with E-state index in [2.05, 4.69) is 252 Å². The zero-order valence-corrected chi connectivity index (χ0v) is 41.4. The molecule has 0 N–H and O–H groups in total. The average Bonchev–Trinajstić information content (AvgIpc) is 3.55. The van der Waals surface area contributed by atoms with Crippen molar-refractivity contribution in [3.05, 3.63) is 262 Å². The summed E-state index contributed by atoms with van der Waals surface area (Å²) in [6.07, 6.45) is 1.14. The highest BCUT2D eigenvalue weighted by Gasteiger charge is 2.36. The number of rotatable bonds is 4. The van der Waals surface area contributed by atoms with E-state index >= 15 is 0 Å². The molecule has 0 atom stereocenters. The van der Waals surface area contributed by atoms with E-state index in [0.29, 0.717) is 5.92 Å². The molecule has 0 fully saturated rings. The molecule has 0 amide bonds. The molecular formula is C66H70. The van der Waals surface area contributed by atoms with Gasteiger partial charge in [-0.1, -0.05) is 252 Å². The minimum absolute atomic E-state index is 0.0888. The lowest BCUT2D eigenvalue weighted by Crippen LogP contribution is -2.15. The van der Waals surface area contributed by atoms with Gasteiger partial charge in [0.25, 0.3) is 0 Å². The lowest BCUT2D eigenvalue weighted by molar-refractivity contribution is 0.659. The first kappa shape index (κ1) is 48.7. The van der Waals surface area contributed by atoms with Crippen molar-refractivity contribution in [2.75, 3.05) is 0 Å². The molecule has 10 rings (SSSR count). The Morgan fingerprint density at radius 2 is 0.879 bits per heavy atom. The minimum atomic E-state index is 0.0888. The molecule has 0 aliphatic heterocycles. The first-order valence-corrected chi connectivity index (χ1v) is 23.8. The van der Waals surface area contributed by atoms with Gasteiger partial charge >= 0.3 is 0 Å². The topological polar surface area (TPSA) is 0 Å². The van der Waals surface area contributed by atoms with Crippen molar-refractivity contribution in [1.82, 2.24) is 0 Å². The van der Waals surface area contributed by atoms with Gasteiger partial charge in [0.1, 0.15) is 0 Å². The molecule has 0 nitrogen and oxygen atoms in total. The van der Waals surface area contributed by atoms with Gasteiger partial charge in [-0.25, -0.2) is 0 Å². The summed E-state index contributed by atoms with van der Waals surface area (Å²) in [5.74, 6) is 0.597. The molecule has 0 radical (unpaired) electrons. The quantitative estimate of drug-likeness (QED) is 0.165. The molecule has 334 valence electrons. The van der Waals surface area contributed by atoms with Crippen LogP contribution in [0.1, 0.15) is 96.2 Å². The first-order chi connectivity index (χ1) is 31.8. The number of hydrogen-bond acceptors (Lipinski definition) is 0. The van der Waals surface area contributed by atoms with Crippen LogP contribution in [0.25, 0.3) is 44.2 Å². The summed E-state index contributed by atoms with van der Waals surface area (Å²) in [7, 11) is 0. The number of hydrogen-bond donors (Lipinski definition) is 0. The summed E-state index contributed by atoms with van der Waals surface area (Å²) >= 11 is 0. The van der Waals surface area contributed by atoms with Crippen LogP contribution in [0.15, 0.2) is 206 Å². The second-order valence-corrected chi connectivity index (χ2v) is 18.6. The molecule has 0 aromatic heterocycles. The van der Waals surface area contributed by atoms with Crippen LogP contribution in [-0.2, 0) is 11.8 Å². The molecule has 1 aliphatic carbocycles. The molecule has 66 heavy (non-hydrogen) atoms. The number of aryl methyl sites for hydroxylation is 7. The normalized spacial score (nSPS) is 11.6. The Balaban J connectivity index is 0.000000144. The van der Waals surface area contributed by atoms with Gasteiger partial charge in [0.2, 0.25) is 0 Å². The van der Waals surface area contributed by atoms with Crippen molar-refractivity contribution < 1.29 is 0 Å². The molecule has 0 saturated heterocycles. The predicted molar refractivity (Wildman–Crippen MR) is 290 cm³/mol. The van der Waals surface area contributed by atoms with Gasteiger partial charge in [-0.2, -0.15) is 0 Å². The van der Waals surface area contributed by atoms with Crippen molar-refractivity contribution in [3.8, 4) is 33.4 Å². The van der Waals surface area contributed by atoms with E-state index in [4.69, 9.17) is 0 Å². The van der Waals surface area contributed by atoms with Crippen LogP contribution in [0.5, 0.6) is 0 Å². The number of fused-ring (bicyclic) bond motifs is 5. The average molecular weight is 863 g/mol. The fourth-order valence-electron chi connectivity index (χ4n) is 8.86. The van der Waals surface area contributed by atoms with Gasteiger partial charge in [0, 0.05) is 5.41 Å². The molecule has 9 aromatic rings. The molecule has 0 heterocycles. The summed E-state index contributed by atoms with van der Waals surface area (Å²) in [5, 5.41) is 2.77. The van der Waals surface area contributed by atoms with Crippen LogP contribution in [0, 0.1) is 41.5 Å². The van der Waals surface area contributed by atoms with E-state index in [9.17, 15) is 0 Å². The van der Waals surface area contributed by atoms with Crippen LogP contribution in [0.2, 0.25) is 0 Å². The Kier molecular flexibility index (Phi) is 16.9. The summed E-state index contributed by atoms with van der Waals surface area (Å²) in [6, 6.07) is 73.1. The van der Waals surface area contributed by atoms with Crippen LogP contribution in [0.4, 0.5) is 0 Å². The zero-order chi connectivity index (χ0) is 47.2. The van der Waals surface area contributed by atoms with E-state index in [-0.39, 0.29) is 5.41 Å². The van der Waals surface area contributed by atoms with Crippen LogP contribution in [0.3, 0.4) is 0 Å². The minimum Gasteiger partial charge on any atom is -0.0622 e. The molecule has 0 bridgehead atoms. The van der Waals surface area contributed by atoms with Gasteiger partial charge < -0.3 is 0 Å². The molecule has 0 saturated carbocycles. The highest BCUT2D eigenvalue weighted by Crippen LogP contribution is 2.52. The second-order valence-electron chi connectivity index (χ2n) is 18.6. The largest absolute Gasteiger partial charge is 0.0622 e. The van der Waals surface area contributed by atoms with Gasteiger partial charge in [0.15, 0.2) is 0 Å². The van der Waals surface area contributed by atoms with Gasteiger partial charge in [0.05, 0.1) is 0 Å². The fraction of sp³-hybridized carbons (Fsp3) is 0.212. The Morgan fingerprint density at radius 1 is 0.379 bits per heavy atom. The molecule has 0 heteroatoms. The number of benzene rings is 9. The van der Waals surface area contributed by atoms with Gasteiger partial charge in [-0.3, -0.25) is 0 Å². The lowest BCUT2D eigenvalue weighted by atomic mass is 9.81. The molecule has 9 aromatic carbocycles. The summed E-state index contributed by atoms with van der Waals surface area (Å²) < 4.78 is 0. The summed E-state index contributed by atoms with van der Waals surface area (Å²) in [5.41, 5.74) is 22.1. The molecular weight excluding hydrogens is 793 g/mol. The van der Waals surface area contributed by atoms with E-state index in [1.807, 2.05) is 30.3 Å². The maximum absolute atomic E-state index is 2.40. The molecule has 0 spiro atoms. The summed E-state index contributed by atoms with van der Waals surface area (Å²) in [6.45, 7) is 24.4. The van der Waals surface area contributed by atoms with Crippen molar-refractivity contribution in [1.29, 1.82) is 0 Å². The maximum atomic E-state index is 2.40. The van der Waals surface area contributed by atoms with Crippen molar-refractivity contribution in [2.45, 2.75) is 93.9 Å². The first-order valence-electron chi connectivity index (χ1n) is 23.8. The highest BCUT2D eigenvalue weighted by atomic mass is 14.4. The van der Waals surface area contributed by atoms with E-state index in [0.717, 1.165) is 6.42 Å². The predicted octanol–water partition coefficient (Wildman–Crippen LogP) is 18.8. The third-order valence-electron chi connectivity index (χ3n) is 12.8. The Bertz CT molecular complexity index is 2930.